The van der Waals surface area contributed by atoms with Gasteiger partial charge in [0.1, 0.15) is 0 Å². The highest BCUT2D eigenvalue weighted by Gasteiger charge is 2.26. The fraction of sp³-hybridized carbons (Fsp3) is 0.0894. The summed E-state index contributed by atoms with van der Waals surface area (Å²) < 4.78 is 0. The van der Waals surface area contributed by atoms with Crippen LogP contribution in [-0.2, 0) is 0 Å². The van der Waals surface area contributed by atoms with Gasteiger partial charge in [0, 0.05) is 89.0 Å². The topological polar surface area (TPSA) is 103 Å². The summed E-state index contributed by atoms with van der Waals surface area (Å²) in [6.07, 6.45) is 0. The van der Waals surface area contributed by atoms with Crippen LogP contribution in [0.2, 0.25) is 0 Å². The SMILES string of the molecule is Cc1cccc(-c2nc(-c3cccc(C)c3)c(-c3cccc(C)c3)nc2-c2cccc(C)c2)c1.Cc1cccc(-c2nc(-c3cccc(C)c3)c(-c3cccc(C)c3)nc2-c2ccccc2)c1.Cc1cccc(-c2nc(-c3cccc(C)c3)c(-c3ccccc3)nc2-c2ccccc2)c1.Cc1cccc(-c2nc(-c3ccccc3)c(-c3cccc(C)c3)nc2-c2ccccc2)c1. The second-order valence-electron chi connectivity index (χ2n) is 33.9. The van der Waals surface area contributed by atoms with Gasteiger partial charge in [0.15, 0.2) is 0 Å². The highest BCUT2D eigenvalue weighted by Crippen LogP contribution is 2.44. The normalized spacial score (nSPS) is 10.9. The van der Waals surface area contributed by atoms with Crippen LogP contribution in [0, 0.1) is 76.2 Å². The van der Waals surface area contributed by atoms with Gasteiger partial charge in [-0.3, -0.25) is 0 Å². The maximum Gasteiger partial charge on any atom is 0.0973 e. The lowest BCUT2D eigenvalue weighted by Gasteiger charge is -2.17. The summed E-state index contributed by atoms with van der Waals surface area (Å²) in [6, 6.07) is 145. The lowest BCUT2D eigenvalue weighted by Crippen LogP contribution is -2.01. The summed E-state index contributed by atoms with van der Waals surface area (Å²) in [4.78, 5) is 42.4. The molecule has 0 N–H and O–H groups in total. The molecule has 0 aliphatic carbocycles. The maximum absolute atomic E-state index is 5.34. The fourth-order valence-electron chi connectivity index (χ4n) is 16.7. The minimum Gasteiger partial charge on any atom is -0.243 e. The first-order chi connectivity index (χ1) is 63.9. The Morgan fingerprint density at radius 1 is 0.0916 bits per heavy atom. The van der Waals surface area contributed by atoms with Crippen molar-refractivity contribution in [1.82, 2.24) is 39.9 Å². The molecule has 8 heteroatoms. The fourth-order valence-corrected chi connectivity index (χ4v) is 16.7. The molecule has 0 bridgehead atoms. The minimum absolute atomic E-state index is 0.895. The average Bonchev–Trinajstić information content (AvgIpc) is 0.778. The Bertz CT molecular complexity index is 7020. The van der Waals surface area contributed by atoms with Crippen LogP contribution in [0.4, 0.5) is 0 Å². The molecule has 634 valence electrons. The summed E-state index contributed by atoms with van der Waals surface area (Å²) in [5, 5.41) is 0. The molecule has 0 radical (unpaired) electrons. The minimum atomic E-state index is 0.895. The van der Waals surface area contributed by atoms with Gasteiger partial charge in [0.25, 0.3) is 0 Å². The zero-order chi connectivity index (χ0) is 90.3. The third-order valence-electron chi connectivity index (χ3n) is 23.0. The number of hydrogen-bond donors (Lipinski definition) is 0. The van der Waals surface area contributed by atoms with Gasteiger partial charge in [0.05, 0.1) is 91.1 Å². The van der Waals surface area contributed by atoms with Crippen LogP contribution in [0.5, 0.6) is 0 Å². The smallest absolute Gasteiger partial charge is 0.0973 e. The second kappa shape index (κ2) is 40.2. The lowest BCUT2D eigenvalue weighted by atomic mass is 9.97. The van der Waals surface area contributed by atoms with Crippen molar-refractivity contribution >= 4 is 0 Å². The van der Waals surface area contributed by atoms with Crippen LogP contribution in [0.1, 0.15) is 61.2 Å². The van der Waals surface area contributed by atoms with Gasteiger partial charge in [0.2, 0.25) is 0 Å². The zero-order valence-corrected chi connectivity index (χ0v) is 75.9. The molecular formula is C123H102N8. The molecule has 131 heavy (non-hydrogen) atoms. The predicted molar refractivity (Wildman–Crippen MR) is 547 cm³/mol. The molecule has 0 fully saturated rings. The molecule has 20 rings (SSSR count). The van der Waals surface area contributed by atoms with Crippen molar-refractivity contribution < 1.29 is 0 Å². The lowest BCUT2D eigenvalue weighted by molar-refractivity contribution is 1.21. The quantitative estimate of drug-likeness (QED) is 0.0943. The van der Waals surface area contributed by atoms with E-state index in [0.717, 1.165) is 180 Å². The molecule has 0 amide bonds. The predicted octanol–water partition coefficient (Wildman–Crippen LogP) is 32.0. The van der Waals surface area contributed by atoms with Crippen LogP contribution >= 0.6 is 0 Å². The zero-order valence-electron chi connectivity index (χ0n) is 75.9. The van der Waals surface area contributed by atoms with Gasteiger partial charge in [-0.2, -0.15) is 0 Å². The van der Waals surface area contributed by atoms with E-state index in [-0.39, 0.29) is 0 Å². The van der Waals surface area contributed by atoms with E-state index in [1.165, 1.54) is 61.2 Å². The van der Waals surface area contributed by atoms with E-state index in [1.807, 2.05) is 54.6 Å². The van der Waals surface area contributed by atoms with Crippen LogP contribution in [0.15, 0.2) is 419 Å². The Balaban J connectivity index is 0.000000122. The van der Waals surface area contributed by atoms with Crippen LogP contribution in [0.3, 0.4) is 0 Å². The van der Waals surface area contributed by atoms with E-state index in [2.05, 4.69) is 440 Å². The highest BCUT2D eigenvalue weighted by atomic mass is 14.9. The Morgan fingerprint density at radius 3 is 0.267 bits per heavy atom. The van der Waals surface area contributed by atoms with E-state index < -0.39 is 0 Å². The van der Waals surface area contributed by atoms with Gasteiger partial charge < -0.3 is 0 Å². The Hall–Kier alpha value is -16.2. The summed E-state index contributed by atoms with van der Waals surface area (Å²) in [7, 11) is 0. The second-order valence-corrected chi connectivity index (χ2v) is 33.9. The van der Waals surface area contributed by atoms with Crippen molar-refractivity contribution in [3.05, 3.63) is 480 Å². The summed E-state index contributed by atoms with van der Waals surface area (Å²) in [5.41, 5.74) is 44.8. The molecule has 0 spiro atoms. The largest absolute Gasteiger partial charge is 0.243 e. The van der Waals surface area contributed by atoms with Crippen LogP contribution in [-0.4, -0.2) is 39.9 Å². The molecule has 0 aliphatic rings. The first-order valence-corrected chi connectivity index (χ1v) is 44.7. The molecule has 0 atom stereocenters. The molecule has 4 heterocycles. The number of rotatable bonds is 16. The van der Waals surface area contributed by atoms with E-state index >= 15 is 0 Å². The standard InChI is InChI=1S/C32H28N2.C31H26N2.2C30H24N2/c1-21-9-5-13-25(17-21)29-30(26-14-6-10-22(2)18-26)34-32(28-16-8-12-24(4)20-28)31(33-29)27-15-7-11-23(3)19-27;1-21-10-7-15-25(18-21)29-28(24-13-5-4-6-14-24)32-30(26-16-8-11-22(2)19-26)31(33-29)27-17-9-12-23(3)20-27;1-21-11-9-17-25(19-21)29-27(23-13-5-3-6-14-23)32-30(26-18-10-12-22(2)20-26)28(31-29)24-15-7-4-8-16-24;1-21-11-9-17-25(19-21)29-27(23-13-5-3-6-14-23)31-28(24-15-7-4-8-16-24)30(32-29)26-18-10-12-22(2)20-26/h5-20H,1-4H3;4-20H,1-3H3;2*3-20H,1-2H3. The highest BCUT2D eigenvalue weighted by molar-refractivity contribution is 5.92. The first kappa shape index (κ1) is 86.9. The maximum atomic E-state index is 5.34. The third-order valence-corrected chi connectivity index (χ3v) is 23.0. The van der Waals surface area contributed by atoms with Gasteiger partial charge in [-0.15, -0.1) is 0 Å². The van der Waals surface area contributed by atoms with Crippen molar-refractivity contribution in [2.75, 3.05) is 0 Å². The summed E-state index contributed by atoms with van der Waals surface area (Å²) >= 11 is 0. The van der Waals surface area contributed by atoms with Gasteiger partial charge in [-0.1, -0.05) is 413 Å². The molecule has 0 unspecified atom stereocenters. The number of aryl methyl sites for hydroxylation is 11. The Kier molecular flexibility index (Phi) is 26.7. The Labute approximate surface area is 770 Å². The first-order valence-electron chi connectivity index (χ1n) is 44.7. The van der Waals surface area contributed by atoms with Crippen molar-refractivity contribution in [1.29, 1.82) is 0 Å². The number of aromatic nitrogens is 8. The molecule has 20 aromatic rings. The molecule has 8 nitrogen and oxygen atoms in total. The molecule has 0 saturated heterocycles. The van der Waals surface area contributed by atoms with Crippen LogP contribution in [0.25, 0.3) is 180 Å². The number of hydrogen-bond acceptors (Lipinski definition) is 8. The van der Waals surface area contributed by atoms with Crippen molar-refractivity contribution in [2.24, 2.45) is 0 Å². The molecular weight excluding hydrogens is 1590 g/mol. The van der Waals surface area contributed by atoms with Crippen LogP contribution < -0.4 is 0 Å². The van der Waals surface area contributed by atoms with Crippen molar-refractivity contribution in [3.8, 4) is 180 Å². The van der Waals surface area contributed by atoms with Gasteiger partial charge in [-0.25, -0.2) is 39.9 Å². The third kappa shape index (κ3) is 20.8. The van der Waals surface area contributed by atoms with Gasteiger partial charge >= 0.3 is 0 Å². The monoisotopic (exact) mass is 1690 g/mol. The van der Waals surface area contributed by atoms with Gasteiger partial charge in [-0.05, 0) is 143 Å². The summed E-state index contributed by atoms with van der Waals surface area (Å²) in [6.45, 7) is 23.2. The van der Waals surface area contributed by atoms with Crippen molar-refractivity contribution in [3.63, 3.8) is 0 Å². The molecule has 0 aliphatic heterocycles. The molecule has 4 aromatic heterocycles. The van der Waals surface area contributed by atoms with E-state index in [9.17, 15) is 0 Å². The summed E-state index contributed by atoms with van der Waals surface area (Å²) in [5.74, 6) is 0. The average molecular weight is 1690 g/mol. The molecule has 16 aromatic carbocycles. The van der Waals surface area contributed by atoms with Crippen molar-refractivity contribution in [2.45, 2.75) is 76.2 Å². The number of nitrogens with zero attached hydrogens (tertiary/aromatic N) is 8. The number of benzene rings is 16. The van der Waals surface area contributed by atoms with E-state index in [0.29, 0.717) is 0 Å². The van der Waals surface area contributed by atoms with E-state index in [4.69, 9.17) is 39.9 Å². The van der Waals surface area contributed by atoms with E-state index in [1.54, 1.807) is 0 Å². The molecule has 0 saturated carbocycles. The Morgan fingerprint density at radius 2 is 0.176 bits per heavy atom.